The Balaban J connectivity index is 2.19. The average Bonchev–Trinajstić information content (AvgIpc) is 2.40. The Morgan fingerprint density at radius 2 is 1.95 bits per heavy atom. The summed E-state index contributed by atoms with van der Waals surface area (Å²) in [6.07, 6.45) is 0. The Hall–Kier alpha value is -1.52. The molecule has 3 nitrogen and oxygen atoms in total. The van der Waals surface area contributed by atoms with Crippen LogP contribution in [0.25, 0.3) is 0 Å². The van der Waals surface area contributed by atoms with E-state index in [0.29, 0.717) is 17.1 Å². The minimum atomic E-state index is -0.928. The minimum absolute atomic E-state index is 0.299. The largest absolute Gasteiger partial charge is 0.478 e. The van der Waals surface area contributed by atoms with Crippen molar-refractivity contribution in [3.05, 3.63) is 63.1 Å². The first-order valence-corrected chi connectivity index (χ1v) is 6.76. The summed E-state index contributed by atoms with van der Waals surface area (Å²) in [6.45, 7) is 0.418. The van der Waals surface area contributed by atoms with Crippen LogP contribution in [-0.4, -0.2) is 11.1 Å². The van der Waals surface area contributed by atoms with E-state index < -0.39 is 5.97 Å². The average molecular weight is 341 g/mol. The lowest BCUT2D eigenvalue weighted by atomic mass is 10.1. The molecule has 2 rings (SSSR count). The highest BCUT2D eigenvalue weighted by molar-refractivity contribution is 9.10. The first kappa shape index (κ1) is 13.9. The number of nitrogens with one attached hydrogen (secondary N) is 1. The van der Waals surface area contributed by atoms with E-state index in [1.54, 1.807) is 24.3 Å². The Morgan fingerprint density at radius 3 is 2.68 bits per heavy atom. The van der Waals surface area contributed by atoms with Gasteiger partial charge in [0.05, 0.1) is 20.7 Å². The van der Waals surface area contributed by atoms with Gasteiger partial charge in [0.15, 0.2) is 0 Å². The molecular weight excluding hydrogens is 330 g/mol. The van der Waals surface area contributed by atoms with Gasteiger partial charge < -0.3 is 10.4 Å². The molecule has 19 heavy (non-hydrogen) atoms. The van der Waals surface area contributed by atoms with Gasteiger partial charge in [-0.3, -0.25) is 0 Å². The number of carboxylic acid groups (broad SMARTS) is 1. The summed E-state index contributed by atoms with van der Waals surface area (Å²) in [7, 11) is 0. The fourth-order valence-electron chi connectivity index (χ4n) is 1.71. The third kappa shape index (κ3) is 3.28. The molecule has 0 aliphatic rings. The molecule has 0 bridgehead atoms. The molecule has 0 fully saturated rings. The van der Waals surface area contributed by atoms with Crippen LogP contribution < -0.4 is 5.32 Å². The van der Waals surface area contributed by atoms with Gasteiger partial charge in [-0.1, -0.05) is 35.9 Å². The standard InChI is InChI=1S/C14H11BrClNO2/c15-13-11(16)6-3-7-12(13)17-8-9-4-1-2-5-10(9)14(18)19/h1-7,17H,8H2,(H,18,19). The maximum Gasteiger partial charge on any atom is 0.336 e. The second-order valence-electron chi connectivity index (χ2n) is 3.92. The van der Waals surface area contributed by atoms with E-state index in [1.165, 1.54) is 0 Å². The number of rotatable bonds is 4. The molecule has 0 aromatic heterocycles. The molecule has 2 aromatic carbocycles. The maximum atomic E-state index is 11.1. The summed E-state index contributed by atoms with van der Waals surface area (Å²) >= 11 is 9.39. The first-order chi connectivity index (χ1) is 9.09. The molecule has 0 saturated carbocycles. The van der Waals surface area contributed by atoms with Gasteiger partial charge in [-0.2, -0.15) is 0 Å². The van der Waals surface area contributed by atoms with Gasteiger partial charge in [-0.05, 0) is 39.7 Å². The molecule has 0 aliphatic carbocycles. The maximum absolute atomic E-state index is 11.1. The lowest BCUT2D eigenvalue weighted by Crippen LogP contribution is -2.07. The molecule has 0 radical (unpaired) electrons. The molecule has 0 unspecified atom stereocenters. The number of halogens is 2. The fourth-order valence-corrected chi connectivity index (χ4v) is 2.29. The van der Waals surface area contributed by atoms with Gasteiger partial charge in [-0.15, -0.1) is 0 Å². The second kappa shape index (κ2) is 6.08. The zero-order chi connectivity index (χ0) is 13.8. The van der Waals surface area contributed by atoms with Crippen molar-refractivity contribution in [1.82, 2.24) is 0 Å². The van der Waals surface area contributed by atoms with Crippen molar-refractivity contribution >= 4 is 39.2 Å². The van der Waals surface area contributed by atoms with Crippen LogP contribution in [0, 0.1) is 0 Å². The summed E-state index contributed by atoms with van der Waals surface area (Å²) in [5.41, 5.74) is 1.85. The lowest BCUT2D eigenvalue weighted by Gasteiger charge is -2.11. The Labute approximate surface area is 124 Å². The molecule has 0 spiro atoms. The highest BCUT2D eigenvalue weighted by Crippen LogP contribution is 2.30. The highest BCUT2D eigenvalue weighted by Gasteiger charge is 2.09. The van der Waals surface area contributed by atoms with Crippen LogP contribution in [0.5, 0.6) is 0 Å². The normalized spacial score (nSPS) is 10.2. The van der Waals surface area contributed by atoms with Crippen molar-refractivity contribution in [2.24, 2.45) is 0 Å². The van der Waals surface area contributed by atoms with E-state index in [4.69, 9.17) is 16.7 Å². The van der Waals surface area contributed by atoms with Crippen LogP contribution in [0.3, 0.4) is 0 Å². The van der Waals surface area contributed by atoms with Crippen molar-refractivity contribution in [3.8, 4) is 0 Å². The quantitative estimate of drug-likeness (QED) is 0.866. The van der Waals surface area contributed by atoms with Crippen molar-refractivity contribution in [2.75, 3.05) is 5.32 Å². The van der Waals surface area contributed by atoms with Gasteiger partial charge in [0.2, 0.25) is 0 Å². The second-order valence-corrected chi connectivity index (χ2v) is 5.12. The zero-order valence-corrected chi connectivity index (χ0v) is 12.2. The van der Waals surface area contributed by atoms with Gasteiger partial charge in [-0.25, -0.2) is 4.79 Å². The molecular formula is C14H11BrClNO2. The number of hydrogen-bond acceptors (Lipinski definition) is 2. The van der Waals surface area contributed by atoms with E-state index >= 15 is 0 Å². The van der Waals surface area contributed by atoms with E-state index in [-0.39, 0.29) is 0 Å². The summed E-state index contributed by atoms with van der Waals surface area (Å²) in [6, 6.07) is 12.4. The summed E-state index contributed by atoms with van der Waals surface area (Å²) in [5, 5.41) is 12.9. The van der Waals surface area contributed by atoms with Crippen LogP contribution >= 0.6 is 27.5 Å². The van der Waals surface area contributed by atoms with E-state index in [1.807, 2.05) is 18.2 Å². The van der Waals surface area contributed by atoms with Gasteiger partial charge in [0.1, 0.15) is 0 Å². The monoisotopic (exact) mass is 339 g/mol. The first-order valence-electron chi connectivity index (χ1n) is 5.58. The molecule has 0 atom stereocenters. The summed E-state index contributed by atoms with van der Waals surface area (Å²) < 4.78 is 0.768. The molecule has 5 heteroatoms. The molecule has 0 amide bonds. The molecule has 2 N–H and O–H groups in total. The number of anilines is 1. The highest BCUT2D eigenvalue weighted by atomic mass is 79.9. The molecule has 0 saturated heterocycles. The van der Waals surface area contributed by atoms with Crippen molar-refractivity contribution in [2.45, 2.75) is 6.54 Å². The van der Waals surface area contributed by atoms with Crippen LogP contribution in [0.4, 0.5) is 5.69 Å². The molecule has 2 aromatic rings. The molecule has 0 aliphatic heterocycles. The Morgan fingerprint density at radius 1 is 1.21 bits per heavy atom. The van der Waals surface area contributed by atoms with E-state index in [0.717, 1.165) is 15.7 Å². The fraction of sp³-hybridized carbons (Fsp3) is 0.0714. The number of hydrogen-bond donors (Lipinski definition) is 2. The van der Waals surface area contributed by atoms with Crippen LogP contribution in [-0.2, 0) is 6.54 Å². The number of benzene rings is 2. The predicted molar refractivity (Wildman–Crippen MR) is 79.9 cm³/mol. The van der Waals surface area contributed by atoms with Gasteiger partial charge >= 0.3 is 5.97 Å². The smallest absolute Gasteiger partial charge is 0.336 e. The molecule has 0 heterocycles. The number of aromatic carboxylic acids is 1. The number of carbonyl (C=O) groups is 1. The van der Waals surface area contributed by atoms with Crippen LogP contribution in [0.15, 0.2) is 46.9 Å². The zero-order valence-electron chi connectivity index (χ0n) is 9.86. The van der Waals surface area contributed by atoms with Crippen molar-refractivity contribution < 1.29 is 9.90 Å². The Bertz CT molecular complexity index is 616. The van der Waals surface area contributed by atoms with Crippen LogP contribution in [0.1, 0.15) is 15.9 Å². The molecule has 98 valence electrons. The predicted octanol–water partition coefficient (Wildman–Crippen LogP) is 4.41. The third-order valence-corrected chi connectivity index (χ3v) is 4.07. The van der Waals surface area contributed by atoms with E-state index in [9.17, 15) is 4.79 Å². The van der Waals surface area contributed by atoms with E-state index in [2.05, 4.69) is 21.2 Å². The lowest BCUT2D eigenvalue weighted by molar-refractivity contribution is 0.0696. The van der Waals surface area contributed by atoms with Crippen LogP contribution in [0.2, 0.25) is 5.02 Å². The minimum Gasteiger partial charge on any atom is -0.478 e. The van der Waals surface area contributed by atoms with Gasteiger partial charge in [0.25, 0.3) is 0 Å². The summed E-state index contributed by atoms with van der Waals surface area (Å²) in [4.78, 5) is 11.1. The van der Waals surface area contributed by atoms with Crippen molar-refractivity contribution in [1.29, 1.82) is 0 Å². The van der Waals surface area contributed by atoms with Gasteiger partial charge in [0, 0.05) is 6.54 Å². The van der Waals surface area contributed by atoms with Crippen molar-refractivity contribution in [3.63, 3.8) is 0 Å². The third-order valence-electron chi connectivity index (χ3n) is 2.67. The summed E-state index contributed by atoms with van der Waals surface area (Å²) in [5.74, 6) is -0.928. The Kier molecular flexibility index (Phi) is 4.45. The topological polar surface area (TPSA) is 49.3 Å². The SMILES string of the molecule is O=C(O)c1ccccc1CNc1cccc(Cl)c1Br. The number of carboxylic acids is 1.